The molecule has 1 N–H and O–H groups in total. The van der Waals surface area contributed by atoms with Gasteiger partial charge >= 0.3 is 0 Å². The second-order valence-corrected chi connectivity index (χ2v) is 5.21. The summed E-state index contributed by atoms with van der Waals surface area (Å²) in [7, 11) is 3.86. The van der Waals surface area contributed by atoms with Crippen LogP contribution in [0.5, 0.6) is 0 Å². The van der Waals surface area contributed by atoms with Crippen molar-refractivity contribution in [3.63, 3.8) is 0 Å². The lowest BCUT2D eigenvalue weighted by atomic mass is 10.2. The highest BCUT2D eigenvalue weighted by Gasteiger charge is 2.09. The average Bonchev–Trinajstić information content (AvgIpc) is 2.45. The lowest BCUT2D eigenvalue weighted by molar-refractivity contribution is -0.384. The Morgan fingerprint density at radius 1 is 1.19 bits per heavy atom. The maximum atomic E-state index is 10.6. The Kier molecular flexibility index (Phi) is 4.65. The zero-order valence-electron chi connectivity index (χ0n) is 11.8. The summed E-state index contributed by atoms with van der Waals surface area (Å²) in [5.74, 6) is 0. The largest absolute Gasteiger partial charge is 0.379 e. The Morgan fingerprint density at radius 2 is 1.86 bits per heavy atom. The number of hydrogen-bond acceptors (Lipinski definition) is 4. The van der Waals surface area contributed by atoms with Crippen molar-refractivity contribution < 1.29 is 4.92 Å². The van der Waals surface area contributed by atoms with E-state index in [0.717, 1.165) is 16.9 Å². The number of nitro groups is 1. The van der Waals surface area contributed by atoms with E-state index in [9.17, 15) is 10.1 Å². The van der Waals surface area contributed by atoms with Crippen LogP contribution in [0.4, 0.5) is 17.1 Å². The molecule has 0 saturated carbocycles. The number of para-hydroxylation sites is 1. The molecule has 0 aliphatic rings. The number of nitro benzene ring substituents is 1. The number of hydrogen-bond donors (Lipinski definition) is 1. The van der Waals surface area contributed by atoms with Crippen LogP contribution in [0.3, 0.4) is 0 Å². The Balaban J connectivity index is 2.13. The Labute approximate surface area is 128 Å². The van der Waals surface area contributed by atoms with Crippen LogP contribution in [-0.2, 0) is 6.54 Å². The first-order chi connectivity index (χ1) is 9.99. The van der Waals surface area contributed by atoms with Gasteiger partial charge in [0.2, 0.25) is 0 Å². The summed E-state index contributed by atoms with van der Waals surface area (Å²) >= 11 is 6.21. The van der Waals surface area contributed by atoms with Gasteiger partial charge < -0.3 is 10.2 Å². The normalized spacial score (nSPS) is 10.2. The maximum absolute atomic E-state index is 10.6. The predicted octanol–water partition coefficient (Wildman–Crippen LogP) is 3.93. The first-order valence-electron chi connectivity index (χ1n) is 6.42. The molecule has 0 saturated heterocycles. The molecule has 0 fully saturated rings. The van der Waals surface area contributed by atoms with Crippen molar-refractivity contribution in [2.75, 3.05) is 24.3 Å². The predicted molar refractivity (Wildman–Crippen MR) is 86.2 cm³/mol. The van der Waals surface area contributed by atoms with Crippen LogP contribution < -0.4 is 10.2 Å². The van der Waals surface area contributed by atoms with Gasteiger partial charge in [0.25, 0.3) is 5.69 Å². The number of anilines is 2. The van der Waals surface area contributed by atoms with E-state index in [1.165, 1.54) is 12.1 Å². The van der Waals surface area contributed by atoms with Crippen molar-refractivity contribution >= 4 is 28.7 Å². The molecule has 0 spiro atoms. The van der Waals surface area contributed by atoms with Crippen LogP contribution in [0.25, 0.3) is 0 Å². The minimum atomic E-state index is -0.404. The van der Waals surface area contributed by atoms with Gasteiger partial charge in [-0.1, -0.05) is 29.8 Å². The van der Waals surface area contributed by atoms with Gasteiger partial charge in [-0.25, -0.2) is 0 Å². The molecule has 5 nitrogen and oxygen atoms in total. The number of nitrogens with zero attached hydrogens (tertiary/aromatic N) is 2. The molecule has 0 heterocycles. The number of benzene rings is 2. The highest BCUT2D eigenvalue weighted by Crippen LogP contribution is 2.32. The third-order valence-electron chi connectivity index (χ3n) is 3.06. The second-order valence-electron chi connectivity index (χ2n) is 4.81. The van der Waals surface area contributed by atoms with Crippen molar-refractivity contribution in [2.45, 2.75) is 6.54 Å². The molecule has 0 radical (unpaired) electrons. The Bertz CT molecular complexity index is 642. The van der Waals surface area contributed by atoms with Gasteiger partial charge in [-0.3, -0.25) is 10.1 Å². The van der Waals surface area contributed by atoms with Gasteiger partial charge in [-0.05, 0) is 17.7 Å². The molecule has 0 atom stereocenters. The fraction of sp³-hybridized carbons (Fsp3) is 0.200. The maximum Gasteiger partial charge on any atom is 0.269 e. The highest BCUT2D eigenvalue weighted by molar-refractivity contribution is 6.34. The van der Waals surface area contributed by atoms with E-state index >= 15 is 0 Å². The van der Waals surface area contributed by atoms with Crippen molar-refractivity contribution in [3.05, 3.63) is 63.2 Å². The summed E-state index contributed by atoms with van der Waals surface area (Å²) in [5.41, 5.74) is 2.90. The van der Waals surface area contributed by atoms with Crippen LogP contribution in [-0.4, -0.2) is 19.0 Å². The molecule has 0 amide bonds. The van der Waals surface area contributed by atoms with Gasteiger partial charge in [0.05, 0.1) is 21.3 Å². The standard InChI is InChI=1S/C15H16ClN3O2/c1-18(2)15-13(16)4-3-5-14(15)17-10-11-6-8-12(9-7-11)19(20)21/h3-9,17H,10H2,1-2H3. The average molecular weight is 306 g/mol. The molecule has 0 aromatic heterocycles. The topological polar surface area (TPSA) is 58.4 Å². The summed E-state index contributed by atoms with van der Waals surface area (Å²) < 4.78 is 0. The fourth-order valence-electron chi connectivity index (χ4n) is 2.05. The minimum absolute atomic E-state index is 0.0930. The Hall–Kier alpha value is -2.27. The Morgan fingerprint density at radius 3 is 2.43 bits per heavy atom. The van der Waals surface area contributed by atoms with Crippen molar-refractivity contribution in [2.24, 2.45) is 0 Å². The molecule has 0 aliphatic heterocycles. The number of rotatable bonds is 5. The van der Waals surface area contributed by atoms with Crippen molar-refractivity contribution in [3.8, 4) is 0 Å². The van der Waals surface area contributed by atoms with E-state index < -0.39 is 4.92 Å². The van der Waals surface area contributed by atoms with E-state index in [0.29, 0.717) is 11.6 Å². The fourth-order valence-corrected chi connectivity index (χ4v) is 2.39. The second kappa shape index (κ2) is 6.45. The number of halogens is 1. The third-order valence-corrected chi connectivity index (χ3v) is 3.37. The van der Waals surface area contributed by atoms with Gasteiger partial charge in [0.15, 0.2) is 0 Å². The first kappa shape index (κ1) is 15.1. The lowest BCUT2D eigenvalue weighted by Crippen LogP contribution is -2.12. The van der Waals surface area contributed by atoms with E-state index in [1.54, 1.807) is 12.1 Å². The molecular formula is C15H16ClN3O2. The molecular weight excluding hydrogens is 290 g/mol. The van der Waals surface area contributed by atoms with Crippen molar-refractivity contribution in [1.29, 1.82) is 0 Å². The summed E-state index contributed by atoms with van der Waals surface area (Å²) in [4.78, 5) is 12.2. The van der Waals surface area contributed by atoms with Crippen molar-refractivity contribution in [1.82, 2.24) is 0 Å². The van der Waals surface area contributed by atoms with Crippen LogP contribution in [0.15, 0.2) is 42.5 Å². The summed E-state index contributed by atoms with van der Waals surface area (Å²) in [6.45, 7) is 0.569. The van der Waals surface area contributed by atoms with Gasteiger partial charge in [0.1, 0.15) is 0 Å². The van der Waals surface area contributed by atoms with Gasteiger partial charge in [-0.2, -0.15) is 0 Å². The van der Waals surface area contributed by atoms with E-state index in [4.69, 9.17) is 11.6 Å². The molecule has 0 aliphatic carbocycles. The molecule has 0 unspecified atom stereocenters. The molecule has 6 heteroatoms. The quantitative estimate of drug-likeness (QED) is 0.672. The highest BCUT2D eigenvalue weighted by atomic mass is 35.5. The molecule has 21 heavy (non-hydrogen) atoms. The molecule has 110 valence electrons. The van der Waals surface area contributed by atoms with Crippen LogP contribution in [0, 0.1) is 10.1 Å². The molecule has 2 rings (SSSR count). The number of nitrogens with one attached hydrogen (secondary N) is 1. The minimum Gasteiger partial charge on any atom is -0.379 e. The summed E-state index contributed by atoms with van der Waals surface area (Å²) in [6, 6.07) is 12.2. The van der Waals surface area contributed by atoms with E-state index in [2.05, 4.69) is 5.32 Å². The SMILES string of the molecule is CN(C)c1c(Cl)cccc1NCc1ccc([N+](=O)[O-])cc1. The van der Waals surface area contributed by atoms with Crippen LogP contribution in [0.2, 0.25) is 5.02 Å². The van der Waals surface area contributed by atoms with E-state index in [-0.39, 0.29) is 5.69 Å². The summed E-state index contributed by atoms with van der Waals surface area (Å²) in [6.07, 6.45) is 0. The number of non-ortho nitro benzene ring substituents is 1. The van der Waals surface area contributed by atoms with Gasteiger partial charge in [-0.15, -0.1) is 0 Å². The van der Waals surface area contributed by atoms with Crippen LogP contribution in [0.1, 0.15) is 5.56 Å². The zero-order valence-corrected chi connectivity index (χ0v) is 12.6. The molecule has 0 bridgehead atoms. The molecule has 2 aromatic rings. The molecule has 2 aromatic carbocycles. The third kappa shape index (κ3) is 3.64. The van der Waals surface area contributed by atoms with Crippen LogP contribution >= 0.6 is 11.6 Å². The zero-order chi connectivity index (χ0) is 15.4. The monoisotopic (exact) mass is 305 g/mol. The van der Waals surface area contributed by atoms with Gasteiger partial charge in [0, 0.05) is 32.8 Å². The van der Waals surface area contributed by atoms with E-state index in [1.807, 2.05) is 37.2 Å². The first-order valence-corrected chi connectivity index (χ1v) is 6.80. The lowest BCUT2D eigenvalue weighted by Gasteiger charge is -2.20. The summed E-state index contributed by atoms with van der Waals surface area (Å²) in [5, 5.41) is 14.6. The smallest absolute Gasteiger partial charge is 0.269 e.